The minimum Gasteiger partial charge on any atom is -0.440 e. The topological polar surface area (TPSA) is 93.5 Å². The molecule has 8 heteroatoms. The first-order valence-corrected chi connectivity index (χ1v) is 9.87. The molecule has 0 radical (unpaired) electrons. The minimum absolute atomic E-state index is 0.0354. The van der Waals surface area contributed by atoms with E-state index < -0.39 is 11.7 Å². The third-order valence-electron chi connectivity index (χ3n) is 5.65. The highest BCUT2D eigenvalue weighted by molar-refractivity contribution is 5.55. The van der Waals surface area contributed by atoms with Crippen LogP contribution < -0.4 is 16.0 Å². The summed E-state index contributed by atoms with van der Waals surface area (Å²) in [6.07, 6.45) is 0. The van der Waals surface area contributed by atoms with E-state index in [4.69, 9.17) is 15.2 Å². The van der Waals surface area contributed by atoms with Gasteiger partial charge in [0.2, 0.25) is 5.88 Å². The molecule has 0 bridgehead atoms. The number of hydrogen-bond donors (Lipinski definition) is 1. The second kappa shape index (κ2) is 8.30. The Morgan fingerprint density at radius 2 is 2.00 bits per heavy atom. The third-order valence-corrected chi connectivity index (χ3v) is 5.65. The number of nitrogens with two attached hydrogens (primary N) is 1. The predicted octanol–water partition coefficient (Wildman–Crippen LogP) is 1.85. The molecule has 1 aromatic heterocycles. The SMILES string of the molecule is Cc1cc2c(c(=O)n1CCN1CCOCC1)C(c1ccccc1F)C(C#N)=C(N)O2. The van der Waals surface area contributed by atoms with E-state index in [0.717, 1.165) is 13.1 Å². The van der Waals surface area contributed by atoms with Gasteiger partial charge in [-0.1, -0.05) is 18.2 Å². The Kier molecular flexibility index (Phi) is 5.57. The maximum absolute atomic E-state index is 14.7. The number of morpholine rings is 1. The first-order chi connectivity index (χ1) is 14.5. The summed E-state index contributed by atoms with van der Waals surface area (Å²) in [6, 6.07) is 9.84. The van der Waals surface area contributed by atoms with Crippen LogP contribution in [-0.4, -0.2) is 42.3 Å². The van der Waals surface area contributed by atoms with Gasteiger partial charge in [-0.2, -0.15) is 5.26 Å². The minimum atomic E-state index is -0.914. The average molecular weight is 410 g/mol. The molecular weight excluding hydrogens is 387 g/mol. The maximum Gasteiger partial charge on any atom is 0.258 e. The molecule has 1 saturated heterocycles. The van der Waals surface area contributed by atoms with Crippen molar-refractivity contribution in [2.24, 2.45) is 5.73 Å². The van der Waals surface area contributed by atoms with Gasteiger partial charge in [0.25, 0.3) is 5.56 Å². The fourth-order valence-corrected chi connectivity index (χ4v) is 4.05. The zero-order chi connectivity index (χ0) is 21.3. The van der Waals surface area contributed by atoms with Crippen molar-refractivity contribution in [3.05, 3.63) is 74.8 Å². The number of aromatic nitrogens is 1. The van der Waals surface area contributed by atoms with E-state index in [9.17, 15) is 14.4 Å². The zero-order valence-electron chi connectivity index (χ0n) is 16.7. The van der Waals surface area contributed by atoms with Gasteiger partial charge in [0.1, 0.15) is 23.2 Å². The molecule has 7 nitrogen and oxygen atoms in total. The lowest BCUT2D eigenvalue weighted by molar-refractivity contribution is 0.0362. The second-order valence-electron chi connectivity index (χ2n) is 7.42. The van der Waals surface area contributed by atoms with Gasteiger partial charge in [-0.25, -0.2) is 4.39 Å². The van der Waals surface area contributed by atoms with E-state index >= 15 is 0 Å². The van der Waals surface area contributed by atoms with Crippen molar-refractivity contribution in [2.45, 2.75) is 19.4 Å². The van der Waals surface area contributed by atoms with Gasteiger partial charge >= 0.3 is 0 Å². The number of aryl methyl sites for hydroxylation is 1. The number of pyridine rings is 1. The highest BCUT2D eigenvalue weighted by Crippen LogP contribution is 2.41. The molecule has 30 heavy (non-hydrogen) atoms. The van der Waals surface area contributed by atoms with E-state index in [1.54, 1.807) is 28.8 Å². The summed E-state index contributed by atoms with van der Waals surface area (Å²) in [5, 5.41) is 9.68. The molecule has 1 aromatic carbocycles. The molecule has 3 heterocycles. The largest absolute Gasteiger partial charge is 0.440 e. The number of hydrogen-bond acceptors (Lipinski definition) is 6. The lowest BCUT2D eigenvalue weighted by Gasteiger charge is -2.29. The Hall–Kier alpha value is -3.15. The van der Waals surface area contributed by atoms with Gasteiger partial charge in [0.05, 0.1) is 24.7 Å². The normalized spacial score (nSPS) is 19.2. The standard InChI is InChI=1S/C22H23FN4O3/c1-14-12-18-20(22(28)27(14)7-6-26-8-10-29-11-9-26)19(16(13-24)21(25)30-18)15-4-2-3-5-17(15)23/h2-5,12,19H,6-11,25H2,1H3. The van der Waals surface area contributed by atoms with Crippen LogP contribution in [0.4, 0.5) is 4.39 Å². The van der Waals surface area contributed by atoms with E-state index in [-0.39, 0.29) is 33.9 Å². The van der Waals surface area contributed by atoms with E-state index in [2.05, 4.69) is 4.90 Å². The Bertz CT molecular complexity index is 1100. The summed E-state index contributed by atoms with van der Waals surface area (Å²) in [6.45, 7) is 5.98. The Morgan fingerprint density at radius 3 is 2.70 bits per heavy atom. The van der Waals surface area contributed by atoms with Crippen molar-refractivity contribution in [1.82, 2.24) is 9.47 Å². The van der Waals surface area contributed by atoms with Gasteiger partial charge < -0.3 is 19.8 Å². The molecule has 156 valence electrons. The van der Waals surface area contributed by atoms with Crippen LogP contribution >= 0.6 is 0 Å². The highest BCUT2D eigenvalue weighted by Gasteiger charge is 2.35. The summed E-state index contributed by atoms with van der Waals surface area (Å²) < 4.78 is 27.3. The van der Waals surface area contributed by atoms with Gasteiger partial charge in [-0.3, -0.25) is 9.69 Å². The fraction of sp³-hybridized carbons (Fsp3) is 0.364. The molecule has 2 aliphatic heterocycles. The highest BCUT2D eigenvalue weighted by atomic mass is 19.1. The molecule has 0 aliphatic carbocycles. The number of nitriles is 1. The smallest absolute Gasteiger partial charge is 0.258 e. The van der Waals surface area contributed by atoms with Crippen LogP contribution in [0.5, 0.6) is 5.75 Å². The predicted molar refractivity (Wildman–Crippen MR) is 108 cm³/mol. The summed E-state index contributed by atoms with van der Waals surface area (Å²) in [5.41, 5.74) is 6.87. The molecular formula is C22H23FN4O3. The van der Waals surface area contributed by atoms with Gasteiger partial charge in [0, 0.05) is 43.5 Å². The maximum atomic E-state index is 14.7. The molecule has 2 aliphatic rings. The first kappa shape index (κ1) is 20.1. The molecule has 1 atom stereocenters. The van der Waals surface area contributed by atoms with Crippen LogP contribution in [0.1, 0.15) is 22.7 Å². The Balaban J connectivity index is 1.80. The summed E-state index contributed by atoms with van der Waals surface area (Å²) in [7, 11) is 0. The van der Waals surface area contributed by atoms with Crippen LogP contribution in [0, 0.1) is 24.1 Å². The number of benzene rings is 1. The van der Waals surface area contributed by atoms with Crippen molar-refractivity contribution in [3.63, 3.8) is 0 Å². The van der Waals surface area contributed by atoms with Crippen molar-refractivity contribution in [3.8, 4) is 11.8 Å². The lowest BCUT2D eigenvalue weighted by atomic mass is 9.83. The fourth-order valence-electron chi connectivity index (χ4n) is 4.05. The van der Waals surface area contributed by atoms with Crippen LogP contribution in [0.25, 0.3) is 0 Å². The lowest BCUT2D eigenvalue weighted by Crippen LogP contribution is -2.40. The van der Waals surface area contributed by atoms with Crippen LogP contribution in [0.15, 0.2) is 46.6 Å². The third kappa shape index (κ3) is 3.58. The quantitative estimate of drug-likeness (QED) is 0.827. The Morgan fingerprint density at radius 1 is 1.27 bits per heavy atom. The monoisotopic (exact) mass is 410 g/mol. The number of rotatable bonds is 4. The molecule has 1 unspecified atom stereocenters. The summed E-state index contributed by atoms with van der Waals surface area (Å²) in [4.78, 5) is 15.7. The summed E-state index contributed by atoms with van der Waals surface area (Å²) in [5.74, 6) is -1.26. The van der Waals surface area contributed by atoms with E-state index in [0.29, 0.717) is 32.0 Å². The van der Waals surface area contributed by atoms with Crippen molar-refractivity contribution < 1.29 is 13.9 Å². The van der Waals surface area contributed by atoms with Crippen molar-refractivity contribution in [2.75, 3.05) is 32.8 Å². The number of fused-ring (bicyclic) bond motifs is 1. The second-order valence-corrected chi connectivity index (χ2v) is 7.42. The first-order valence-electron chi connectivity index (χ1n) is 9.87. The van der Waals surface area contributed by atoms with Gasteiger partial charge in [-0.15, -0.1) is 0 Å². The molecule has 2 aromatic rings. The van der Waals surface area contributed by atoms with Gasteiger partial charge in [-0.05, 0) is 13.0 Å². The molecule has 0 amide bonds. The van der Waals surface area contributed by atoms with Crippen LogP contribution in [-0.2, 0) is 11.3 Å². The number of allylic oxidation sites excluding steroid dienone is 1. The van der Waals surface area contributed by atoms with Crippen molar-refractivity contribution in [1.29, 1.82) is 5.26 Å². The van der Waals surface area contributed by atoms with E-state index in [1.807, 2.05) is 13.0 Å². The number of nitrogens with zero attached hydrogens (tertiary/aromatic N) is 3. The molecule has 1 fully saturated rings. The molecule has 0 saturated carbocycles. The van der Waals surface area contributed by atoms with Gasteiger partial charge in [0.15, 0.2) is 0 Å². The van der Waals surface area contributed by atoms with E-state index in [1.165, 1.54) is 6.07 Å². The van der Waals surface area contributed by atoms with Crippen LogP contribution in [0.2, 0.25) is 0 Å². The number of ether oxygens (including phenoxy) is 2. The zero-order valence-corrected chi connectivity index (χ0v) is 16.7. The van der Waals surface area contributed by atoms with Crippen molar-refractivity contribution >= 4 is 0 Å². The summed E-state index contributed by atoms with van der Waals surface area (Å²) >= 11 is 0. The molecule has 0 spiro atoms. The Labute approximate surface area is 173 Å². The van der Waals surface area contributed by atoms with Crippen LogP contribution in [0.3, 0.4) is 0 Å². The molecule has 2 N–H and O–H groups in total. The average Bonchev–Trinajstić information content (AvgIpc) is 2.74. The molecule has 4 rings (SSSR count). The number of halogens is 1.